The summed E-state index contributed by atoms with van der Waals surface area (Å²) in [6, 6.07) is 0. The molecule has 17 heavy (non-hydrogen) atoms. The van der Waals surface area contributed by atoms with Gasteiger partial charge in [-0.2, -0.15) is 16.8 Å². The molecule has 0 aliphatic rings. The van der Waals surface area contributed by atoms with Crippen LogP contribution in [0.5, 0.6) is 0 Å². The molecule has 0 aromatic rings. The van der Waals surface area contributed by atoms with Crippen molar-refractivity contribution in [2.45, 2.75) is 12.4 Å². The fourth-order valence-electron chi connectivity index (χ4n) is 0.842. The standard InChI is InChI=1S/C6H15O8PS2/c1-4-13-15(7)5-6(14-16(3,8)9)17(10,11)12-2/h6,15H,4-5H2,1-3H3. The third-order valence-electron chi connectivity index (χ3n) is 1.48. The van der Waals surface area contributed by atoms with Gasteiger partial charge in [-0.05, 0) is 6.92 Å². The van der Waals surface area contributed by atoms with Gasteiger partial charge in [0.15, 0.2) is 8.03 Å². The van der Waals surface area contributed by atoms with Crippen LogP contribution in [0.1, 0.15) is 6.92 Å². The van der Waals surface area contributed by atoms with Crippen molar-refractivity contribution in [3.8, 4) is 0 Å². The Morgan fingerprint density at radius 2 is 1.76 bits per heavy atom. The highest BCUT2D eigenvalue weighted by Crippen LogP contribution is 2.27. The van der Waals surface area contributed by atoms with Crippen LogP contribution < -0.4 is 0 Å². The minimum absolute atomic E-state index is 0.121. The molecule has 0 radical (unpaired) electrons. The predicted octanol–water partition coefficient (Wildman–Crippen LogP) is -0.224. The molecule has 0 amide bonds. The fourth-order valence-corrected chi connectivity index (χ4v) is 4.47. The van der Waals surface area contributed by atoms with Crippen molar-refractivity contribution in [3.63, 3.8) is 0 Å². The van der Waals surface area contributed by atoms with E-state index in [1.165, 1.54) is 0 Å². The van der Waals surface area contributed by atoms with Gasteiger partial charge in [-0.3, -0.25) is 8.75 Å². The van der Waals surface area contributed by atoms with E-state index >= 15 is 0 Å². The molecule has 0 aromatic heterocycles. The molecule has 0 fully saturated rings. The molecule has 2 atom stereocenters. The minimum atomic E-state index is -4.26. The van der Waals surface area contributed by atoms with Crippen molar-refractivity contribution < 1.29 is 34.3 Å². The van der Waals surface area contributed by atoms with Gasteiger partial charge in [0.2, 0.25) is 5.44 Å². The van der Waals surface area contributed by atoms with E-state index in [0.29, 0.717) is 6.26 Å². The maximum absolute atomic E-state index is 11.3. The first-order valence-corrected chi connectivity index (χ1v) is 9.27. The summed E-state index contributed by atoms with van der Waals surface area (Å²) in [6.07, 6.45) is 0.102. The average Bonchev–Trinajstić information content (AvgIpc) is 2.15. The monoisotopic (exact) mass is 310 g/mol. The van der Waals surface area contributed by atoms with Gasteiger partial charge >= 0.3 is 0 Å². The van der Waals surface area contributed by atoms with Gasteiger partial charge in [-0.25, -0.2) is 4.18 Å². The van der Waals surface area contributed by atoms with Crippen LogP contribution in [0.3, 0.4) is 0 Å². The van der Waals surface area contributed by atoms with Crippen LogP contribution in [0.15, 0.2) is 0 Å². The summed E-state index contributed by atoms with van der Waals surface area (Å²) in [5, 5.41) is 0. The van der Waals surface area contributed by atoms with E-state index < -0.39 is 39.9 Å². The Labute approximate surface area is 101 Å². The Morgan fingerprint density at radius 3 is 2.12 bits per heavy atom. The molecule has 0 heterocycles. The summed E-state index contributed by atoms with van der Waals surface area (Å²) in [5.74, 6) is 0. The molecule has 0 aliphatic heterocycles. The van der Waals surface area contributed by atoms with Crippen LogP contribution in [-0.2, 0) is 37.7 Å². The topological polar surface area (TPSA) is 113 Å². The quantitative estimate of drug-likeness (QED) is 0.446. The molecule has 2 unspecified atom stereocenters. The lowest BCUT2D eigenvalue weighted by Crippen LogP contribution is -2.30. The zero-order valence-corrected chi connectivity index (χ0v) is 12.2. The molecule has 11 heteroatoms. The number of hydrogen-bond acceptors (Lipinski definition) is 8. The summed E-state index contributed by atoms with van der Waals surface area (Å²) in [7, 11) is -10.1. The SMILES string of the molecule is CCO[PH](=O)CC(OS(C)(=O)=O)S(=O)(=O)OC. The van der Waals surface area contributed by atoms with Crippen molar-refractivity contribution in [2.24, 2.45) is 0 Å². The Hall–Kier alpha value is 0.01000. The van der Waals surface area contributed by atoms with Gasteiger partial charge in [0, 0.05) is 0 Å². The van der Waals surface area contributed by atoms with Crippen molar-refractivity contribution in [3.05, 3.63) is 0 Å². The zero-order valence-electron chi connectivity index (χ0n) is 9.57. The highest BCUT2D eigenvalue weighted by atomic mass is 32.2. The highest BCUT2D eigenvalue weighted by Gasteiger charge is 2.32. The largest absolute Gasteiger partial charge is 0.331 e. The van der Waals surface area contributed by atoms with Crippen LogP contribution in [0.2, 0.25) is 0 Å². The van der Waals surface area contributed by atoms with Gasteiger partial charge < -0.3 is 4.52 Å². The Bertz CT molecular complexity index is 452. The summed E-state index contributed by atoms with van der Waals surface area (Å²) in [4.78, 5) is 0. The molecule has 8 nitrogen and oxygen atoms in total. The normalized spacial score (nSPS) is 16.6. The third kappa shape index (κ3) is 7.12. The van der Waals surface area contributed by atoms with Crippen molar-refractivity contribution in [1.82, 2.24) is 0 Å². The molecule has 0 aliphatic carbocycles. The van der Waals surface area contributed by atoms with E-state index in [-0.39, 0.29) is 6.61 Å². The molecule has 0 N–H and O–H groups in total. The maximum atomic E-state index is 11.3. The lowest BCUT2D eigenvalue weighted by atomic mass is 10.9. The van der Waals surface area contributed by atoms with Crippen LogP contribution in [0, 0.1) is 0 Å². The van der Waals surface area contributed by atoms with E-state index in [1.54, 1.807) is 6.92 Å². The highest BCUT2D eigenvalue weighted by molar-refractivity contribution is 7.89. The van der Waals surface area contributed by atoms with E-state index in [1.807, 2.05) is 0 Å². The van der Waals surface area contributed by atoms with Gasteiger partial charge in [0.25, 0.3) is 20.2 Å². The zero-order chi connectivity index (χ0) is 13.7. The second kappa shape index (κ2) is 6.81. The van der Waals surface area contributed by atoms with Crippen molar-refractivity contribution >= 4 is 28.3 Å². The van der Waals surface area contributed by atoms with Gasteiger partial charge in [0.05, 0.1) is 26.1 Å². The summed E-state index contributed by atoms with van der Waals surface area (Å²) < 4.78 is 68.8. The number of rotatable bonds is 8. The first-order valence-electron chi connectivity index (χ1n) is 4.45. The molecule has 0 saturated heterocycles. The summed E-state index contributed by atoms with van der Waals surface area (Å²) in [5.41, 5.74) is -1.86. The van der Waals surface area contributed by atoms with E-state index in [4.69, 9.17) is 0 Å². The summed E-state index contributed by atoms with van der Waals surface area (Å²) >= 11 is 0. The van der Waals surface area contributed by atoms with Gasteiger partial charge in [0.1, 0.15) is 0 Å². The van der Waals surface area contributed by atoms with E-state index in [9.17, 15) is 21.4 Å². The number of hydrogen-bond donors (Lipinski definition) is 0. The average molecular weight is 310 g/mol. The van der Waals surface area contributed by atoms with Crippen molar-refractivity contribution in [1.29, 1.82) is 0 Å². The first-order chi connectivity index (χ1) is 7.62. The summed E-state index contributed by atoms with van der Waals surface area (Å²) in [6.45, 7) is 1.69. The van der Waals surface area contributed by atoms with Crippen LogP contribution >= 0.6 is 8.03 Å². The van der Waals surface area contributed by atoms with Crippen molar-refractivity contribution in [2.75, 3.05) is 26.1 Å². The van der Waals surface area contributed by atoms with Crippen LogP contribution in [0.4, 0.5) is 0 Å². The molecule has 0 bridgehead atoms. The Kier molecular flexibility index (Phi) is 6.82. The first kappa shape index (κ1) is 17.0. The lowest BCUT2D eigenvalue weighted by molar-refractivity contribution is 0.263. The van der Waals surface area contributed by atoms with Crippen LogP contribution in [0.25, 0.3) is 0 Å². The van der Waals surface area contributed by atoms with Gasteiger partial charge in [-0.15, -0.1) is 0 Å². The lowest BCUT2D eigenvalue weighted by Gasteiger charge is -2.14. The van der Waals surface area contributed by atoms with E-state index in [2.05, 4.69) is 12.9 Å². The molecule has 0 spiro atoms. The maximum Gasteiger partial charge on any atom is 0.296 e. The van der Waals surface area contributed by atoms with Gasteiger partial charge in [-0.1, -0.05) is 0 Å². The molecule has 0 aromatic carbocycles. The molecule has 0 saturated carbocycles. The molecular formula is C6H15O8PS2. The fraction of sp³-hybridized carbons (Fsp3) is 1.00. The predicted molar refractivity (Wildman–Crippen MR) is 61.1 cm³/mol. The van der Waals surface area contributed by atoms with Crippen LogP contribution in [-0.4, -0.2) is 48.4 Å². The second-order valence-corrected chi connectivity index (χ2v) is 7.78. The second-order valence-electron chi connectivity index (χ2n) is 2.90. The third-order valence-corrected chi connectivity index (χ3v) is 5.16. The smallest absolute Gasteiger partial charge is 0.296 e. The Morgan fingerprint density at radius 1 is 1.24 bits per heavy atom. The molecule has 0 rings (SSSR count). The minimum Gasteiger partial charge on any atom is -0.331 e. The molecule has 104 valence electrons. The van der Waals surface area contributed by atoms with E-state index in [0.717, 1.165) is 7.11 Å². The molecular weight excluding hydrogens is 295 g/mol. The Balaban J connectivity index is 4.95.